The Balaban J connectivity index is 1.76. The summed E-state index contributed by atoms with van der Waals surface area (Å²) in [5.41, 5.74) is 1.06. The van der Waals surface area contributed by atoms with Gasteiger partial charge in [-0.15, -0.1) is 11.3 Å². The number of sulfonamides is 1. The third-order valence-corrected chi connectivity index (χ3v) is 5.51. The van der Waals surface area contributed by atoms with Crippen LogP contribution < -0.4 is 10.0 Å². The van der Waals surface area contributed by atoms with Gasteiger partial charge in [-0.2, -0.15) is 0 Å². The van der Waals surface area contributed by atoms with Gasteiger partial charge in [0.05, 0.1) is 21.8 Å². The zero-order valence-corrected chi connectivity index (χ0v) is 16.4. The fourth-order valence-corrected chi connectivity index (χ4v) is 4.12. The average molecular weight is 425 g/mol. The van der Waals surface area contributed by atoms with Crippen LogP contribution >= 0.6 is 22.9 Å². The molecule has 0 saturated carbocycles. The van der Waals surface area contributed by atoms with Crippen LogP contribution in [0.5, 0.6) is 0 Å². The Labute approximate surface area is 164 Å². The summed E-state index contributed by atoms with van der Waals surface area (Å²) in [6, 6.07) is 14.1. The Kier molecular flexibility index (Phi) is 5.50. The van der Waals surface area contributed by atoms with Gasteiger partial charge in [0.25, 0.3) is 5.91 Å². The molecule has 140 valence electrons. The Morgan fingerprint density at radius 1 is 1.11 bits per heavy atom. The van der Waals surface area contributed by atoms with Gasteiger partial charge in [-0.1, -0.05) is 29.8 Å². The number of hydrogen-bond donors (Lipinski definition) is 2. The number of anilines is 2. The summed E-state index contributed by atoms with van der Waals surface area (Å²) in [5, 5.41) is 2.83. The molecule has 2 N–H and O–H groups in total. The van der Waals surface area contributed by atoms with Crippen LogP contribution in [0, 0.1) is 5.82 Å². The number of amides is 1. The molecule has 27 heavy (non-hydrogen) atoms. The Hall–Kier alpha value is -2.42. The summed E-state index contributed by atoms with van der Waals surface area (Å²) in [4.78, 5) is 13.5. The van der Waals surface area contributed by atoms with Crippen molar-refractivity contribution in [1.29, 1.82) is 0 Å². The first-order valence-corrected chi connectivity index (χ1v) is 10.7. The summed E-state index contributed by atoms with van der Waals surface area (Å²) >= 11 is 7.22. The fourth-order valence-electron chi connectivity index (χ4n) is 2.33. The molecule has 0 saturated heterocycles. The second kappa shape index (κ2) is 7.67. The molecule has 0 unspecified atom stereocenters. The highest BCUT2D eigenvalue weighted by Crippen LogP contribution is 2.31. The second-order valence-corrected chi connectivity index (χ2v) is 8.91. The third-order valence-electron chi connectivity index (χ3n) is 3.49. The van der Waals surface area contributed by atoms with Gasteiger partial charge in [0.1, 0.15) is 5.82 Å². The number of carbonyl (C=O) groups is 1. The average Bonchev–Trinajstić information content (AvgIpc) is 3.07. The minimum absolute atomic E-state index is 0.149. The van der Waals surface area contributed by atoms with Gasteiger partial charge in [-0.3, -0.25) is 9.52 Å². The van der Waals surface area contributed by atoms with Crippen molar-refractivity contribution >= 4 is 50.2 Å². The van der Waals surface area contributed by atoms with Crippen molar-refractivity contribution in [2.45, 2.75) is 0 Å². The molecule has 1 aromatic heterocycles. The molecular formula is C18H14ClFN2O3S2. The summed E-state index contributed by atoms with van der Waals surface area (Å²) in [6.45, 7) is 0. The molecule has 0 radical (unpaired) electrons. The van der Waals surface area contributed by atoms with Gasteiger partial charge in [0.2, 0.25) is 10.0 Å². The Bertz CT molecular complexity index is 1110. The van der Waals surface area contributed by atoms with Crippen LogP contribution in [0.3, 0.4) is 0 Å². The minimum atomic E-state index is -3.46. The highest BCUT2D eigenvalue weighted by Gasteiger charge is 2.14. The molecule has 0 spiro atoms. The molecule has 0 atom stereocenters. The van der Waals surface area contributed by atoms with Crippen molar-refractivity contribution in [1.82, 2.24) is 0 Å². The van der Waals surface area contributed by atoms with E-state index in [1.54, 1.807) is 30.3 Å². The normalized spacial score (nSPS) is 11.2. The number of nitrogens with one attached hydrogen (secondary N) is 2. The monoisotopic (exact) mass is 424 g/mol. The molecule has 1 amide bonds. The van der Waals surface area contributed by atoms with Crippen LogP contribution in [-0.4, -0.2) is 20.6 Å². The highest BCUT2D eigenvalue weighted by atomic mass is 35.5. The Morgan fingerprint density at radius 3 is 2.52 bits per heavy atom. The van der Waals surface area contributed by atoms with Crippen molar-refractivity contribution in [3.8, 4) is 10.4 Å². The lowest BCUT2D eigenvalue weighted by atomic mass is 10.2. The maximum atomic E-state index is 13.9. The topological polar surface area (TPSA) is 75.3 Å². The number of benzene rings is 2. The molecule has 1 heterocycles. The van der Waals surface area contributed by atoms with E-state index in [0.29, 0.717) is 21.0 Å². The molecule has 0 aliphatic heterocycles. The number of hydrogen-bond acceptors (Lipinski definition) is 4. The van der Waals surface area contributed by atoms with Gasteiger partial charge in [0, 0.05) is 16.1 Å². The zero-order chi connectivity index (χ0) is 19.6. The van der Waals surface area contributed by atoms with E-state index in [2.05, 4.69) is 10.0 Å². The van der Waals surface area contributed by atoms with Crippen molar-refractivity contribution in [3.63, 3.8) is 0 Å². The molecular weight excluding hydrogens is 411 g/mol. The number of halogens is 2. The number of rotatable bonds is 5. The van der Waals surface area contributed by atoms with Crippen LogP contribution in [0.15, 0.2) is 54.6 Å². The standard InChI is InChI=1S/C18H14ClFN2O3S2/c1-27(24,25)22-15-7-6-11(10-13(15)19)21-18(23)17-9-8-16(26-17)12-4-2-3-5-14(12)20/h2-10,22H,1H3,(H,21,23). The zero-order valence-electron chi connectivity index (χ0n) is 14.0. The van der Waals surface area contributed by atoms with Gasteiger partial charge >= 0.3 is 0 Å². The van der Waals surface area contributed by atoms with E-state index in [4.69, 9.17) is 11.6 Å². The van der Waals surface area contributed by atoms with E-state index in [1.165, 1.54) is 35.6 Å². The first-order chi connectivity index (χ1) is 12.7. The van der Waals surface area contributed by atoms with E-state index in [-0.39, 0.29) is 22.4 Å². The molecule has 3 aromatic rings. The maximum Gasteiger partial charge on any atom is 0.265 e. The van der Waals surface area contributed by atoms with Gasteiger partial charge in [-0.05, 0) is 36.4 Å². The summed E-state index contributed by atoms with van der Waals surface area (Å²) in [7, 11) is -3.46. The second-order valence-electron chi connectivity index (χ2n) is 5.67. The molecule has 9 heteroatoms. The smallest absolute Gasteiger partial charge is 0.265 e. The molecule has 0 fully saturated rings. The highest BCUT2D eigenvalue weighted by molar-refractivity contribution is 7.92. The number of thiophene rings is 1. The van der Waals surface area contributed by atoms with E-state index < -0.39 is 10.0 Å². The van der Waals surface area contributed by atoms with Crippen LogP contribution in [0.1, 0.15) is 9.67 Å². The quantitative estimate of drug-likeness (QED) is 0.615. The molecule has 0 aliphatic rings. The molecule has 0 bridgehead atoms. The maximum absolute atomic E-state index is 13.9. The molecule has 3 rings (SSSR count). The molecule has 0 aliphatic carbocycles. The number of carbonyl (C=O) groups excluding carboxylic acids is 1. The third kappa shape index (κ3) is 4.85. The van der Waals surface area contributed by atoms with E-state index in [9.17, 15) is 17.6 Å². The van der Waals surface area contributed by atoms with E-state index in [1.807, 2.05) is 0 Å². The predicted octanol–water partition coefficient (Wildman–Crippen LogP) is 4.83. The Morgan fingerprint density at radius 2 is 1.85 bits per heavy atom. The SMILES string of the molecule is CS(=O)(=O)Nc1ccc(NC(=O)c2ccc(-c3ccccc3F)s2)cc1Cl. The van der Waals surface area contributed by atoms with Crippen LogP contribution in [0.25, 0.3) is 10.4 Å². The molecule has 2 aromatic carbocycles. The minimum Gasteiger partial charge on any atom is -0.321 e. The lowest BCUT2D eigenvalue weighted by Crippen LogP contribution is -2.12. The van der Waals surface area contributed by atoms with Crippen LogP contribution in [0.4, 0.5) is 15.8 Å². The van der Waals surface area contributed by atoms with Crippen LogP contribution in [-0.2, 0) is 10.0 Å². The van der Waals surface area contributed by atoms with Crippen molar-refractivity contribution < 1.29 is 17.6 Å². The molecule has 5 nitrogen and oxygen atoms in total. The summed E-state index contributed by atoms with van der Waals surface area (Å²) in [6.07, 6.45) is 1.02. The van der Waals surface area contributed by atoms with Crippen molar-refractivity contribution in [2.75, 3.05) is 16.3 Å². The van der Waals surface area contributed by atoms with Crippen LogP contribution in [0.2, 0.25) is 5.02 Å². The predicted molar refractivity (Wildman–Crippen MR) is 108 cm³/mol. The largest absolute Gasteiger partial charge is 0.321 e. The first kappa shape index (κ1) is 19.3. The van der Waals surface area contributed by atoms with Crippen molar-refractivity contribution in [2.24, 2.45) is 0 Å². The lowest BCUT2D eigenvalue weighted by molar-refractivity contribution is 0.103. The van der Waals surface area contributed by atoms with Crippen molar-refractivity contribution in [3.05, 3.63) is 70.3 Å². The van der Waals surface area contributed by atoms with Gasteiger partial charge < -0.3 is 5.32 Å². The lowest BCUT2D eigenvalue weighted by Gasteiger charge is -2.09. The summed E-state index contributed by atoms with van der Waals surface area (Å²) in [5.74, 6) is -0.727. The van der Waals surface area contributed by atoms with E-state index >= 15 is 0 Å². The first-order valence-electron chi connectivity index (χ1n) is 7.66. The fraction of sp³-hybridized carbons (Fsp3) is 0.0556. The van der Waals surface area contributed by atoms with Gasteiger partial charge in [-0.25, -0.2) is 12.8 Å². The van der Waals surface area contributed by atoms with Gasteiger partial charge in [0.15, 0.2) is 0 Å². The summed E-state index contributed by atoms with van der Waals surface area (Å²) < 4.78 is 38.7. The van der Waals surface area contributed by atoms with E-state index in [0.717, 1.165) is 6.26 Å².